The van der Waals surface area contributed by atoms with E-state index in [-0.39, 0.29) is 0 Å². The largest absolute Gasteiger partial charge is 0.384 e. The monoisotopic (exact) mass is 240 g/mol. The summed E-state index contributed by atoms with van der Waals surface area (Å²) in [7, 11) is 1.81. The molecule has 0 amide bonds. The van der Waals surface area contributed by atoms with E-state index in [1.807, 2.05) is 0 Å². The first-order valence-corrected chi connectivity index (χ1v) is 7.14. The second-order valence-electron chi connectivity index (χ2n) is 6.16. The molecule has 17 heavy (non-hydrogen) atoms. The molecule has 1 spiro atoms. The molecule has 0 aromatic rings. The minimum Gasteiger partial charge on any atom is -0.384 e. The van der Waals surface area contributed by atoms with Gasteiger partial charge in [0, 0.05) is 38.4 Å². The molecular formula is C14H28N2O. The zero-order valence-corrected chi connectivity index (χ0v) is 11.7. The van der Waals surface area contributed by atoms with Gasteiger partial charge in [-0.15, -0.1) is 0 Å². The minimum absolute atomic E-state index is 0.467. The molecule has 2 rings (SSSR count). The van der Waals surface area contributed by atoms with Crippen LogP contribution in [0, 0.1) is 5.92 Å². The molecule has 3 unspecified atom stereocenters. The number of rotatable bonds is 4. The van der Waals surface area contributed by atoms with Gasteiger partial charge in [-0.1, -0.05) is 6.92 Å². The summed E-state index contributed by atoms with van der Waals surface area (Å²) in [5, 5.41) is 3.68. The first-order chi connectivity index (χ1) is 8.16. The Hall–Kier alpha value is -0.120. The van der Waals surface area contributed by atoms with Gasteiger partial charge in [0.2, 0.25) is 0 Å². The summed E-state index contributed by atoms with van der Waals surface area (Å²) in [6.45, 7) is 9.16. The lowest BCUT2D eigenvalue weighted by molar-refractivity contribution is 0.0605. The van der Waals surface area contributed by atoms with Gasteiger partial charge in [0.1, 0.15) is 0 Å². The lowest BCUT2D eigenvalue weighted by Crippen LogP contribution is -2.57. The Bertz CT molecular complexity index is 236. The maximum absolute atomic E-state index is 5.26. The van der Waals surface area contributed by atoms with Gasteiger partial charge < -0.3 is 10.1 Å². The van der Waals surface area contributed by atoms with Gasteiger partial charge in [-0.05, 0) is 45.1 Å². The van der Waals surface area contributed by atoms with Crippen molar-refractivity contribution in [2.45, 2.75) is 51.1 Å². The van der Waals surface area contributed by atoms with Crippen molar-refractivity contribution in [3.63, 3.8) is 0 Å². The molecule has 1 N–H and O–H groups in total. The minimum atomic E-state index is 0.467. The molecule has 3 atom stereocenters. The van der Waals surface area contributed by atoms with Gasteiger partial charge in [-0.2, -0.15) is 0 Å². The van der Waals surface area contributed by atoms with E-state index < -0.39 is 0 Å². The third-order valence-corrected chi connectivity index (χ3v) is 4.55. The Labute approximate surface area is 106 Å². The van der Waals surface area contributed by atoms with Crippen LogP contribution in [-0.2, 0) is 4.74 Å². The third-order valence-electron chi connectivity index (χ3n) is 4.55. The van der Waals surface area contributed by atoms with Gasteiger partial charge >= 0.3 is 0 Å². The van der Waals surface area contributed by atoms with E-state index in [9.17, 15) is 0 Å². The van der Waals surface area contributed by atoms with Gasteiger partial charge in [-0.3, -0.25) is 4.90 Å². The molecule has 2 fully saturated rings. The van der Waals surface area contributed by atoms with E-state index in [0.717, 1.165) is 6.61 Å². The summed E-state index contributed by atoms with van der Waals surface area (Å²) in [6.07, 6.45) is 5.46. The van der Waals surface area contributed by atoms with Crippen molar-refractivity contribution in [2.24, 2.45) is 5.92 Å². The zero-order valence-electron chi connectivity index (χ0n) is 11.7. The third kappa shape index (κ3) is 3.01. The van der Waals surface area contributed by atoms with E-state index >= 15 is 0 Å². The van der Waals surface area contributed by atoms with Crippen LogP contribution in [0.25, 0.3) is 0 Å². The standard InChI is InChI=1S/C14H28N2O/c1-12(10-17-3)9-16-8-4-6-14(16)7-5-13(2)15-11-14/h12-13,15H,4-11H2,1-3H3. The van der Waals surface area contributed by atoms with Crippen LogP contribution in [0.5, 0.6) is 0 Å². The lowest BCUT2D eigenvalue weighted by atomic mass is 9.84. The van der Waals surface area contributed by atoms with Crippen LogP contribution in [-0.4, -0.2) is 49.8 Å². The van der Waals surface area contributed by atoms with Gasteiger partial charge in [0.25, 0.3) is 0 Å². The van der Waals surface area contributed by atoms with Crippen molar-refractivity contribution in [1.82, 2.24) is 10.2 Å². The molecule has 2 saturated heterocycles. The predicted molar refractivity (Wildman–Crippen MR) is 71.3 cm³/mol. The molecule has 0 bridgehead atoms. The molecule has 100 valence electrons. The number of hydrogen-bond acceptors (Lipinski definition) is 3. The maximum atomic E-state index is 5.26. The van der Waals surface area contributed by atoms with Gasteiger partial charge in [-0.25, -0.2) is 0 Å². The van der Waals surface area contributed by atoms with Crippen molar-refractivity contribution in [1.29, 1.82) is 0 Å². The van der Waals surface area contributed by atoms with Crippen LogP contribution in [0.15, 0.2) is 0 Å². The van der Waals surface area contributed by atoms with Crippen LogP contribution < -0.4 is 5.32 Å². The van der Waals surface area contributed by atoms with Crippen molar-refractivity contribution in [3.8, 4) is 0 Å². The predicted octanol–water partition coefficient (Wildman–Crippen LogP) is 1.88. The fourth-order valence-electron chi connectivity index (χ4n) is 3.52. The number of methoxy groups -OCH3 is 1. The number of nitrogens with zero attached hydrogens (tertiary/aromatic N) is 1. The number of likely N-dealkylation sites (tertiary alicyclic amines) is 1. The lowest BCUT2D eigenvalue weighted by Gasteiger charge is -2.44. The Morgan fingerprint density at radius 3 is 2.94 bits per heavy atom. The summed E-state index contributed by atoms with van der Waals surface area (Å²) in [5.74, 6) is 0.648. The van der Waals surface area contributed by atoms with E-state index in [1.165, 1.54) is 45.3 Å². The van der Waals surface area contributed by atoms with Gasteiger partial charge in [0.05, 0.1) is 0 Å². The van der Waals surface area contributed by atoms with Crippen LogP contribution in [0.4, 0.5) is 0 Å². The fraction of sp³-hybridized carbons (Fsp3) is 1.00. The number of ether oxygens (including phenoxy) is 1. The Kier molecular flexibility index (Phi) is 4.45. The highest BCUT2D eigenvalue weighted by molar-refractivity contribution is 5.01. The second kappa shape index (κ2) is 5.68. The fourth-order valence-corrected chi connectivity index (χ4v) is 3.52. The van der Waals surface area contributed by atoms with E-state index in [1.54, 1.807) is 7.11 Å². The van der Waals surface area contributed by atoms with Crippen molar-refractivity contribution >= 4 is 0 Å². The van der Waals surface area contributed by atoms with E-state index in [4.69, 9.17) is 4.74 Å². The highest BCUT2D eigenvalue weighted by Gasteiger charge is 2.42. The second-order valence-corrected chi connectivity index (χ2v) is 6.16. The average Bonchev–Trinajstić information content (AvgIpc) is 2.67. The van der Waals surface area contributed by atoms with Crippen molar-refractivity contribution < 1.29 is 4.74 Å². The normalized spacial score (nSPS) is 36.5. The molecule has 2 heterocycles. The van der Waals surface area contributed by atoms with Crippen LogP contribution >= 0.6 is 0 Å². The zero-order chi connectivity index (χ0) is 12.3. The molecule has 0 aromatic carbocycles. The average molecular weight is 240 g/mol. The summed E-state index contributed by atoms with van der Waals surface area (Å²) in [4.78, 5) is 2.73. The molecule has 0 saturated carbocycles. The summed E-state index contributed by atoms with van der Waals surface area (Å²) in [5.41, 5.74) is 0.467. The topological polar surface area (TPSA) is 24.5 Å². The van der Waals surface area contributed by atoms with Gasteiger partial charge in [0.15, 0.2) is 0 Å². The molecule has 2 aliphatic heterocycles. The first-order valence-electron chi connectivity index (χ1n) is 7.14. The number of piperidine rings is 1. The quantitative estimate of drug-likeness (QED) is 0.812. The van der Waals surface area contributed by atoms with Crippen LogP contribution in [0.2, 0.25) is 0 Å². The first kappa shape index (κ1) is 13.3. The smallest absolute Gasteiger partial charge is 0.0500 e. The van der Waals surface area contributed by atoms with E-state index in [0.29, 0.717) is 17.5 Å². The SMILES string of the molecule is COCC(C)CN1CCCC12CCC(C)NC2. The van der Waals surface area contributed by atoms with Crippen molar-refractivity contribution in [3.05, 3.63) is 0 Å². The summed E-state index contributed by atoms with van der Waals surface area (Å²) >= 11 is 0. The molecule has 0 aliphatic carbocycles. The molecular weight excluding hydrogens is 212 g/mol. The van der Waals surface area contributed by atoms with E-state index in [2.05, 4.69) is 24.1 Å². The summed E-state index contributed by atoms with van der Waals surface area (Å²) in [6, 6.07) is 0.708. The van der Waals surface area contributed by atoms with Crippen LogP contribution in [0.1, 0.15) is 39.5 Å². The molecule has 2 aliphatic rings. The molecule has 0 radical (unpaired) electrons. The molecule has 3 nitrogen and oxygen atoms in total. The Balaban J connectivity index is 1.92. The Morgan fingerprint density at radius 2 is 2.29 bits per heavy atom. The van der Waals surface area contributed by atoms with Crippen LogP contribution in [0.3, 0.4) is 0 Å². The van der Waals surface area contributed by atoms with Crippen molar-refractivity contribution in [2.75, 3.05) is 33.4 Å². The summed E-state index contributed by atoms with van der Waals surface area (Å²) < 4.78 is 5.26. The molecule has 0 aromatic heterocycles. The number of hydrogen-bond donors (Lipinski definition) is 1. The highest BCUT2D eigenvalue weighted by atomic mass is 16.5. The molecule has 3 heteroatoms. The Morgan fingerprint density at radius 1 is 1.47 bits per heavy atom. The highest BCUT2D eigenvalue weighted by Crippen LogP contribution is 2.36. The number of nitrogens with one attached hydrogen (secondary N) is 1. The maximum Gasteiger partial charge on any atom is 0.0500 e.